The molecular weight excluding hydrogens is 264 g/mol. The van der Waals surface area contributed by atoms with E-state index in [9.17, 15) is 0 Å². The first kappa shape index (κ1) is 12.5. The fraction of sp³-hybridized carbons (Fsp3) is 0.471. The molecule has 2 aromatic rings. The first-order chi connectivity index (χ1) is 9.88. The monoisotopic (exact) mass is 284 g/mol. The van der Waals surface area contributed by atoms with Crippen molar-refractivity contribution in [2.24, 2.45) is 11.8 Å². The van der Waals surface area contributed by atoms with E-state index in [4.69, 9.17) is 0 Å². The molecule has 0 saturated heterocycles. The van der Waals surface area contributed by atoms with Gasteiger partial charge in [0.25, 0.3) is 0 Å². The molecule has 4 atom stereocenters. The molecule has 0 radical (unpaired) electrons. The number of nitrogens with zero attached hydrogens (tertiary/aromatic N) is 1. The van der Waals surface area contributed by atoms with Crippen molar-refractivity contribution in [3.63, 3.8) is 0 Å². The van der Waals surface area contributed by atoms with Crippen molar-refractivity contribution in [1.29, 1.82) is 0 Å². The number of likely N-dealkylation sites (N-methyl/N-ethyl adjacent to an activating group) is 1. The molecule has 1 aromatic heterocycles. The van der Waals surface area contributed by atoms with E-state index in [-0.39, 0.29) is 0 Å². The lowest BCUT2D eigenvalue weighted by Gasteiger charge is -2.15. The second-order valence-electron chi connectivity index (χ2n) is 6.03. The van der Waals surface area contributed by atoms with Crippen LogP contribution in [0.4, 0.5) is 0 Å². The fourth-order valence-electron chi connectivity index (χ4n) is 4.14. The number of aryl methyl sites for hydroxylation is 1. The molecule has 104 valence electrons. The topological polar surface area (TPSA) is 24.9 Å². The summed E-state index contributed by atoms with van der Waals surface area (Å²) in [5.74, 6) is 2.48. The highest BCUT2D eigenvalue weighted by Gasteiger charge is 2.55. The molecule has 1 saturated carbocycles. The summed E-state index contributed by atoms with van der Waals surface area (Å²) in [7, 11) is 2.11. The smallest absolute Gasteiger partial charge is 0.0940 e. The van der Waals surface area contributed by atoms with E-state index in [2.05, 4.69) is 47.0 Å². The van der Waals surface area contributed by atoms with Crippen molar-refractivity contribution in [3.8, 4) is 0 Å². The summed E-state index contributed by atoms with van der Waals surface area (Å²) in [6, 6.07) is 9.62. The lowest BCUT2D eigenvalue weighted by Crippen LogP contribution is -2.30. The van der Waals surface area contributed by atoms with Gasteiger partial charge >= 0.3 is 0 Å². The number of benzene rings is 1. The van der Waals surface area contributed by atoms with Crippen LogP contribution in [0.25, 0.3) is 0 Å². The first-order valence-electron chi connectivity index (χ1n) is 7.52. The molecule has 2 aliphatic rings. The molecule has 1 aromatic carbocycles. The van der Waals surface area contributed by atoms with E-state index in [1.807, 2.05) is 6.20 Å². The van der Waals surface area contributed by atoms with Crippen molar-refractivity contribution < 1.29 is 0 Å². The zero-order valence-corrected chi connectivity index (χ0v) is 12.6. The second-order valence-corrected chi connectivity index (χ2v) is 7.01. The minimum atomic E-state index is 0.572. The maximum Gasteiger partial charge on any atom is 0.0940 e. The Labute approximate surface area is 124 Å². The molecule has 1 fully saturated rings. The predicted molar refractivity (Wildman–Crippen MR) is 83.1 cm³/mol. The maximum atomic E-state index is 4.45. The summed E-state index contributed by atoms with van der Waals surface area (Å²) in [5, 5.41) is 6.90. The molecule has 3 heteroatoms. The average molecular weight is 284 g/mol. The fourth-order valence-corrected chi connectivity index (χ4v) is 4.82. The van der Waals surface area contributed by atoms with Crippen LogP contribution < -0.4 is 5.32 Å². The van der Waals surface area contributed by atoms with Crippen LogP contribution in [0.2, 0.25) is 0 Å². The number of nitrogens with one attached hydrogen (secondary N) is 1. The number of rotatable bonds is 4. The number of fused-ring (bicyclic) bond motifs is 3. The SMILES string of the molecule is CNC(Cc1nccs1)C1C2CCc3ccccc3C21. The summed E-state index contributed by atoms with van der Waals surface area (Å²) in [4.78, 5) is 4.45. The molecule has 2 nitrogen and oxygen atoms in total. The molecule has 4 rings (SSSR count). The molecule has 4 unspecified atom stereocenters. The average Bonchev–Trinajstić information content (AvgIpc) is 3.00. The van der Waals surface area contributed by atoms with Gasteiger partial charge in [0, 0.05) is 24.0 Å². The van der Waals surface area contributed by atoms with Gasteiger partial charge in [-0.05, 0) is 48.8 Å². The van der Waals surface area contributed by atoms with E-state index in [0.717, 1.165) is 24.2 Å². The first-order valence-corrected chi connectivity index (χ1v) is 8.40. The Morgan fingerprint density at radius 1 is 1.40 bits per heavy atom. The van der Waals surface area contributed by atoms with E-state index in [0.29, 0.717) is 6.04 Å². The number of aromatic nitrogens is 1. The van der Waals surface area contributed by atoms with Crippen LogP contribution in [0.15, 0.2) is 35.8 Å². The lowest BCUT2D eigenvalue weighted by molar-refractivity contribution is 0.463. The van der Waals surface area contributed by atoms with Crippen LogP contribution in [0.3, 0.4) is 0 Å². The zero-order chi connectivity index (χ0) is 13.5. The van der Waals surface area contributed by atoms with E-state index >= 15 is 0 Å². The Bertz CT molecular complexity index is 593. The molecule has 0 bridgehead atoms. The summed E-state index contributed by atoms with van der Waals surface area (Å²) < 4.78 is 0. The minimum Gasteiger partial charge on any atom is -0.316 e. The minimum absolute atomic E-state index is 0.572. The van der Waals surface area contributed by atoms with Crippen molar-refractivity contribution in [3.05, 3.63) is 52.0 Å². The van der Waals surface area contributed by atoms with Gasteiger partial charge in [-0.2, -0.15) is 0 Å². The molecular formula is C17H20N2S. The van der Waals surface area contributed by atoms with Gasteiger partial charge in [-0.1, -0.05) is 24.3 Å². The lowest BCUT2D eigenvalue weighted by atomic mass is 9.92. The quantitative estimate of drug-likeness (QED) is 0.932. The Morgan fingerprint density at radius 3 is 3.10 bits per heavy atom. The van der Waals surface area contributed by atoms with Crippen LogP contribution >= 0.6 is 11.3 Å². The van der Waals surface area contributed by atoms with Gasteiger partial charge in [-0.15, -0.1) is 11.3 Å². The molecule has 0 aliphatic heterocycles. The number of thiazole rings is 1. The highest BCUT2D eigenvalue weighted by Crippen LogP contribution is 2.61. The third-order valence-electron chi connectivity index (χ3n) is 5.10. The van der Waals surface area contributed by atoms with Gasteiger partial charge in [0.2, 0.25) is 0 Å². The summed E-state index contributed by atoms with van der Waals surface area (Å²) >= 11 is 1.78. The van der Waals surface area contributed by atoms with Gasteiger partial charge in [0.05, 0.1) is 5.01 Å². The maximum absolute atomic E-state index is 4.45. The standard InChI is InChI=1S/C17H20N2S/c1-18-14(10-15-19-8-9-20-15)17-13-7-6-11-4-2-3-5-12(11)16(13)17/h2-5,8-9,13-14,16-18H,6-7,10H2,1H3. The van der Waals surface area contributed by atoms with Crippen LogP contribution in [-0.4, -0.2) is 18.1 Å². The summed E-state index contributed by atoms with van der Waals surface area (Å²) in [6.07, 6.45) is 5.62. The van der Waals surface area contributed by atoms with Crippen molar-refractivity contribution in [2.75, 3.05) is 7.05 Å². The van der Waals surface area contributed by atoms with E-state index < -0.39 is 0 Å². The van der Waals surface area contributed by atoms with Crippen molar-refractivity contribution in [2.45, 2.75) is 31.2 Å². The van der Waals surface area contributed by atoms with Crippen molar-refractivity contribution >= 4 is 11.3 Å². The summed E-state index contributed by atoms with van der Waals surface area (Å²) in [6.45, 7) is 0. The van der Waals surface area contributed by atoms with Crippen LogP contribution in [0.1, 0.15) is 28.5 Å². The second kappa shape index (κ2) is 4.97. The van der Waals surface area contributed by atoms with Crippen LogP contribution in [0.5, 0.6) is 0 Å². The van der Waals surface area contributed by atoms with E-state index in [1.54, 1.807) is 22.5 Å². The molecule has 20 heavy (non-hydrogen) atoms. The molecule has 0 amide bonds. The van der Waals surface area contributed by atoms with Gasteiger partial charge < -0.3 is 5.32 Å². The van der Waals surface area contributed by atoms with Crippen LogP contribution in [0, 0.1) is 11.8 Å². The normalized spacial score (nSPS) is 28.6. The highest BCUT2D eigenvalue weighted by molar-refractivity contribution is 7.09. The third kappa shape index (κ3) is 2.00. The Hall–Kier alpha value is -1.19. The Balaban J connectivity index is 1.56. The molecule has 0 spiro atoms. The van der Waals surface area contributed by atoms with Gasteiger partial charge in [-0.25, -0.2) is 4.98 Å². The van der Waals surface area contributed by atoms with Crippen molar-refractivity contribution in [1.82, 2.24) is 10.3 Å². The Kier molecular flexibility index (Phi) is 3.12. The van der Waals surface area contributed by atoms with Gasteiger partial charge in [-0.3, -0.25) is 0 Å². The molecule has 1 heterocycles. The number of hydrogen-bond acceptors (Lipinski definition) is 3. The summed E-state index contributed by atoms with van der Waals surface area (Å²) in [5.41, 5.74) is 3.20. The molecule has 2 aliphatic carbocycles. The Morgan fingerprint density at radius 2 is 2.30 bits per heavy atom. The van der Waals surface area contributed by atoms with Gasteiger partial charge in [0.1, 0.15) is 0 Å². The third-order valence-corrected chi connectivity index (χ3v) is 5.91. The molecule has 1 N–H and O–H groups in total. The van der Waals surface area contributed by atoms with Crippen LogP contribution in [-0.2, 0) is 12.8 Å². The van der Waals surface area contributed by atoms with Gasteiger partial charge in [0.15, 0.2) is 0 Å². The highest BCUT2D eigenvalue weighted by atomic mass is 32.1. The zero-order valence-electron chi connectivity index (χ0n) is 11.8. The largest absolute Gasteiger partial charge is 0.316 e. The predicted octanol–water partition coefficient (Wildman–Crippen LogP) is 3.25. The van der Waals surface area contributed by atoms with E-state index in [1.165, 1.54) is 17.8 Å². The number of hydrogen-bond donors (Lipinski definition) is 1.